The van der Waals surface area contributed by atoms with Gasteiger partial charge in [0, 0.05) is 37.7 Å². The summed E-state index contributed by atoms with van der Waals surface area (Å²) in [7, 11) is 0. The molecule has 0 saturated carbocycles. The van der Waals surface area contributed by atoms with Crippen molar-refractivity contribution in [2.24, 2.45) is 5.73 Å². The van der Waals surface area contributed by atoms with Crippen molar-refractivity contribution in [3.8, 4) is 0 Å². The molecule has 0 unspecified atom stereocenters. The third kappa shape index (κ3) is 3.92. The Morgan fingerprint density at radius 1 is 1.14 bits per heavy atom. The molecule has 0 aromatic carbocycles. The number of piperazine rings is 1. The van der Waals surface area contributed by atoms with E-state index in [1.165, 1.54) is 11.3 Å². The molecule has 28 heavy (non-hydrogen) atoms. The molecule has 0 radical (unpaired) electrons. The molecular formula is C19H26N4O4S. The van der Waals surface area contributed by atoms with E-state index in [0.29, 0.717) is 43.4 Å². The fourth-order valence-electron chi connectivity index (χ4n) is 4.22. The quantitative estimate of drug-likeness (QED) is 0.745. The number of carbonyl (C=O) groups is 3. The molecule has 8 nitrogen and oxygen atoms in total. The third-order valence-electron chi connectivity index (χ3n) is 5.68. The molecule has 3 N–H and O–H groups in total. The maximum atomic E-state index is 12.5. The highest BCUT2D eigenvalue weighted by atomic mass is 32.1. The highest BCUT2D eigenvalue weighted by Gasteiger charge is 2.31. The van der Waals surface area contributed by atoms with Crippen LogP contribution in [-0.4, -0.2) is 73.0 Å². The number of rotatable bonds is 5. The zero-order valence-corrected chi connectivity index (χ0v) is 16.7. The molecular weight excluding hydrogens is 380 g/mol. The Balaban J connectivity index is 1.30. The van der Waals surface area contributed by atoms with E-state index in [-0.39, 0.29) is 24.5 Å². The van der Waals surface area contributed by atoms with Crippen molar-refractivity contribution in [3.05, 3.63) is 16.0 Å². The number of nitrogens with zero attached hydrogens (tertiary/aromatic N) is 2. The summed E-state index contributed by atoms with van der Waals surface area (Å²) >= 11 is 1.47. The van der Waals surface area contributed by atoms with Gasteiger partial charge in [-0.25, -0.2) is 0 Å². The SMILES string of the molecule is NC(=O)c1c(NC(=O)CN2CCN(C(=O)[C@@H]3CCCO3)CC2)sc2c1CCC2. The van der Waals surface area contributed by atoms with E-state index >= 15 is 0 Å². The molecule has 1 aliphatic carbocycles. The molecule has 3 aliphatic rings. The van der Waals surface area contributed by atoms with Crippen LogP contribution in [0.15, 0.2) is 0 Å². The smallest absolute Gasteiger partial charge is 0.251 e. The molecule has 1 aromatic heterocycles. The maximum absolute atomic E-state index is 12.5. The van der Waals surface area contributed by atoms with Crippen molar-refractivity contribution < 1.29 is 19.1 Å². The lowest BCUT2D eigenvalue weighted by Crippen LogP contribution is -2.52. The lowest BCUT2D eigenvalue weighted by atomic mass is 10.1. The van der Waals surface area contributed by atoms with Gasteiger partial charge in [0.05, 0.1) is 12.1 Å². The van der Waals surface area contributed by atoms with E-state index < -0.39 is 5.91 Å². The molecule has 4 rings (SSSR count). The van der Waals surface area contributed by atoms with Gasteiger partial charge in [-0.15, -0.1) is 11.3 Å². The predicted molar refractivity (Wildman–Crippen MR) is 105 cm³/mol. The van der Waals surface area contributed by atoms with Crippen LogP contribution in [0.2, 0.25) is 0 Å². The number of nitrogens with one attached hydrogen (secondary N) is 1. The number of hydrogen-bond donors (Lipinski definition) is 2. The van der Waals surface area contributed by atoms with Gasteiger partial charge in [0.25, 0.3) is 11.8 Å². The molecule has 1 aromatic rings. The van der Waals surface area contributed by atoms with Crippen LogP contribution < -0.4 is 11.1 Å². The summed E-state index contributed by atoms with van der Waals surface area (Å²) in [6, 6.07) is 0. The van der Waals surface area contributed by atoms with Gasteiger partial charge in [-0.05, 0) is 37.7 Å². The zero-order valence-electron chi connectivity index (χ0n) is 15.9. The number of amides is 3. The van der Waals surface area contributed by atoms with Crippen molar-refractivity contribution >= 4 is 34.1 Å². The van der Waals surface area contributed by atoms with Crippen LogP contribution in [0.5, 0.6) is 0 Å². The van der Waals surface area contributed by atoms with Crippen LogP contribution in [-0.2, 0) is 27.2 Å². The minimum Gasteiger partial charge on any atom is -0.368 e. The Morgan fingerprint density at radius 3 is 2.61 bits per heavy atom. The molecule has 3 heterocycles. The largest absolute Gasteiger partial charge is 0.368 e. The molecule has 1 atom stereocenters. The topological polar surface area (TPSA) is 105 Å². The van der Waals surface area contributed by atoms with Crippen molar-refractivity contribution in [2.45, 2.75) is 38.2 Å². The molecule has 2 fully saturated rings. The van der Waals surface area contributed by atoms with Crippen LogP contribution in [0, 0.1) is 0 Å². The number of aryl methyl sites for hydroxylation is 1. The Labute approximate surface area is 168 Å². The molecule has 2 saturated heterocycles. The number of hydrogen-bond acceptors (Lipinski definition) is 6. The summed E-state index contributed by atoms with van der Waals surface area (Å²) in [5.41, 5.74) is 7.04. The predicted octanol–water partition coefficient (Wildman–Crippen LogP) is 0.597. The number of primary amides is 1. The molecule has 0 spiro atoms. The summed E-state index contributed by atoms with van der Waals surface area (Å²) in [6.07, 6.45) is 4.27. The summed E-state index contributed by atoms with van der Waals surface area (Å²) < 4.78 is 5.48. The van der Waals surface area contributed by atoms with Crippen LogP contribution in [0.3, 0.4) is 0 Å². The summed E-state index contributed by atoms with van der Waals surface area (Å²) in [6.45, 7) is 3.40. The second kappa shape index (κ2) is 8.18. The van der Waals surface area contributed by atoms with E-state index in [1.54, 1.807) is 0 Å². The monoisotopic (exact) mass is 406 g/mol. The van der Waals surface area contributed by atoms with Crippen molar-refractivity contribution in [3.63, 3.8) is 0 Å². The van der Waals surface area contributed by atoms with Crippen molar-refractivity contribution in [1.29, 1.82) is 0 Å². The second-order valence-corrected chi connectivity index (χ2v) is 8.68. The van der Waals surface area contributed by atoms with Crippen LogP contribution in [0.4, 0.5) is 5.00 Å². The number of thiophene rings is 1. The van der Waals surface area contributed by atoms with Gasteiger partial charge >= 0.3 is 0 Å². The van der Waals surface area contributed by atoms with Gasteiger partial charge in [0.15, 0.2) is 0 Å². The molecule has 9 heteroatoms. The number of anilines is 1. The van der Waals surface area contributed by atoms with E-state index in [1.807, 2.05) is 9.80 Å². The normalized spacial score (nSPS) is 22.3. The lowest BCUT2D eigenvalue weighted by molar-refractivity contribution is -0.142. The average Bonchev–Trinajstić information content (AvgIpc) is 3.38. The molecule has 152 valence electrons. The third-order valence-corrected chi connectivity index (χ3v) is 6.88. The summed E-state index contributed by atoms with van der Waals surface area (Å²) in [5, 5.41) is 3.46. The Hall–Kier alpha value is -1.97. The van der Waals surface area contributed by atoms with Crippen LogP contribution in [0.1, 0.15) is 40.1 Å². The van der Waals surface area contributed by atoms with Crippen molar-refractivity contribution in [1.82, 2.24) is 9.80 Å². The van der Waals surface area contributed by atoms with E-state index in [9.17, 15) is 14.4 Å². The average molecular weight is 407 g/mol. The summed E-state index contributed by atoms with van der Waals surface area (Å²) in [4.78, 5) is 41.8. The Kier molecular flexibility index (Phi) is 5.65. The van der Waals surface area contributed by atoms with E-state index in [4.69, 9.17) is 10.5 Å². The minimum absolute atomic E-state index is 0.0702. The fourth-order valence-corrected chi connectivity index (χ4v) is 5.54. The van der Waals surface area contributed by atoms with Crippen molar-refractivity contribution in [2.75, 3.05) is 44.6 Å². The van der Waals surface area contributed by atoms with Gasteiger partial charge in [0.2, 0.25) is 5.91 Å². The first-order valence-electron chi connectivity index (χ1n) is 9.90. The highest BCUT2D eigenvalue weighted by molar-refractivity contribution is 7.17. The minimum atomic E-state index is -0.476. The van der Waals surface area contributed by atoms with E-state index in [2.05, 4.69) is 5.32 Å². The Morgan fingerprint density at radius 2 is 1.93 bits per heavy atom. The second-order valence-electron chi connectivity index (χ2n) is 7.58. The van der Waals surface area contributed by atoms with Crippen LogP contribution >= 0.6 is 11.3 Å². The molecule has 3 amide bonds. The van der Waals surface area contributed by atoms with Gasteiger partial charge in [-0.2, -0.15) is 0 Å². The van der Waals surface area contributed by atoms with Crippen LogP contribution in [0.25, 0.3) is 0 Å². The van der Waals surface area contributed by atoms with Gasteiger partial charge < -0.3 is 20.7 Å². The Bertz CT molecular complexity index is 779. The first-order valence-corrected chi connectivity index (χ1v) is 10.7. The standard InChI is InChI=1S/C19H26N4O4S/c20-17(25)16-12-3-1-5-14(12)28-18(16)21-15(24)11-22-6-8-23(9-7-22)19(26)13-4-2-10-27-13/h13H,1-11H2,(H2,20,25)(H,21,24)/t13-/m0/s1. The van der Waals surface area contributed by atoms with Gasteiger partial charge in [-0.1, -0.05) is 0 Å². The van der Waals surface area contributed by atoms with Gasteiger partial charge in [-0.3, -0.25) is 19.3 Å². The number of ether oxygens (including phenoxy) is 1. The highest BCUT2D eigenvalue weighted by Crippen LogP contribution is 2.38. The number of nitrogens with two attached hydrogens (primary N) is 1. The van der Waals surface area contributed by atoms with E-state index in [0.717, 1.165) is 42.5 Å². The molecule has 2 aliphatic heterocycles. The fraction of sp³-hybridized carbons (Fsp3) is 0.632. The first-order chi connectivity index (χ1) is 13.5. The summed E-state index contributed by atoms with van der Waals surface area (Å²) in [5.74, 6) is -0.557. The number of carbonyl (C=O) groups excluding carboxylic acids is 3. The molecule has 0 bridgehead atoms. The maximum Gasteiger partial charge on any atom is 0.251 e. The first kappa shape index (κ1) is 19.4. The number of fused-ring (bicyclic) bond motifs is 1. The lowest BCUT2D eigenvalue weighted by Gasteiger charge is -2.35. The van der Waals surface area contributed by atoms with Gasteiger partial charge in [0.1, 0.15) is 11.1 Å². The zero-order chi connectivity index (χ0) is 19.7.